The summed E-state index contributed by atoms with van der Waals surface area (Å²) < 4.78 is 0. The highest BCUT2D eigenvalue weighted by Crippen LogP contribution is 2.05. The number of nitrogens with one attached hydrogen (secondary N) is 3. The Kier molecular flexibility index (Phi) is 8.32. The molecule has 3 amide bonds. The number of carbonyl (C=O) groups excluding carboxylic acids is 2. The lowest BCUT2D eigenvalue weighted by Crippen LogP contribution is -2.45. The molecule has 1 aliphatic rings. The van der Waals surface area contributed by atoms with Crippen molar-refractivity contribution in [1.29, 1.82) is 0 Å². The van der Waals surface area contributed by atoms with Crippen LogP contribution in [0.5, 0.6) is 0 Å². The average Bonchev–Trinajstić information content (AvgIpc) is 2.82. The minimum absolute atomic E-state index is 0.0978. The van der Waals surface area contributed by atoms with E-state index in [0.717, 1.165) is 6.42 Å². The number of urea groups is 1. The third-order valence-corrected chi connectivity index (χ3v) is 3.66. The van der Waals surface area contributed by atoms with Crippen molar-refractivity contribution in [2.45, 2.75) is 52.0 Å². The molecule has 3 N–H and O–H groups in total. The smallest absolute Gasteiger partial charge is 0.324 e. The van der Waals surface area contributed by atoms with Crippen molar-refractivity contribution < 1.29 is 9.59 Å². The Bertz CT molecular complexity index is 381. The highest BCUT2D eigenvalue weighted by atomic mass is 16.2. The Morgan fingerprint density at radius 3 is 2.73 bits per heavy atom. The molecule has 0 aromatic carbocycles. The molecule has 126 valence electrons. The van der Waals surface area contributed by atoms with Crippen molar-refractivity contribution in [3.8, 4) is 0 Å². The quantitative estimate of drug-likeness (QED) is 0.257. The van der Waals surface area contributed by atoms with Crippen molar-refractivity contribution in [1.82, 2.24) is 20.9 Å². The first kappa shape index (κ1) is 18.3. The normalized spacial score (nSPS) is 16.7. The van der Waals surface area contributed by atoms with E-state index in [1.54, 1.807) is 7.05 Å². The molecule has 1 atom stereocenters. The molecule has 0 aromatic rings. The zero-order valence-electron chi connectivity index (χ0n) is 13.9. The van der Waals surface area contributed by atoms with Gasteiger partial charge in [-0.2, -0.15) is 0 Å². The second-order valence-electron chi connectivity index (χ2n) is 5.60. The van der Waals surface area contributed by atoms with E-state index in [0.29, 0.717) is 25.1 Å². The number of hydrogen-bond acceptors (Lipinski definition) is 3. The van der Waals surface area contributed by atoms with Gasteiger partial charge in [0.2, 0.25) is 5.91 Å². The third-order valence-electron chi connectivity index (χ3n) is 3.66. The Hall–Kier alpha value is -1.79. The minimum Gasteiger partial charge on any atom is -0.355 e. The van der Waals surface area contributed by atoms with Gasteiger partial charge in [0.15, 0.2) is 5.96 Å². The lowest BCUT2D eigenvalue weighted by Gasteiger charge is -2.19. The van der Waals surface area contributed by atoms with Gasteiger partial charge in [0, 0.05) is 26.2 Å². The van der Waals surface area contributed by atoms with E-state index in [2.05, 4.69) is 34.8 Å². The van der Waals surface area contributed by atoms with Crippen LogP contribution < -0.4 is 16.0 Å². The molecule has 0 spiro atoms. The number of imide groups is 1. The molecule has 7 heteroatoms. The van der Waals surface area contributed by atoms with Gasteiger partial charge in [-0.15, -0.1) is 0 Å². The summed E-state index contributed by atoms with van der Waals surface area (Å²) >= 11 is 0. The highest BCUT2D eigenvalue weighted by molar-refractivity contribution is 6.01. The van der Waals surface area contributed by atoms with E-state index in [9.17, 15) is 9.59 Å². The molecule has 0 aliphatic carbocycles. The summed E-state index contributed by atoms with van der Waals surface area (Å²) in [7, 11) is 1.72. The number of carbonyl (C=O) groups is 2. The van der Waals surface area contributed by atoms with Crippen LogP contribution in [0.1, 0.15) is 46.0 Å². The van der Waals surface area contributed by atoms with Gasteiger partial charge in [0.1, 0.15) is 0 Å². The van der Waals surface area contributed by atoms with Crippen molar-refractivity contribution in [2.75, 3.05) is 26.7 Å². The van der Waals surface area contributed by atoms with Gasteiger partial charge in [-0.1, -0.05) is 32.6 Å². The fourth-order valence-electron chi connectivity index (χ4n) is 2.35. The molecular formula is C15H29N5O2. The predicted molar refractivity (Wildman–Crippen MR) is 87.8 cm³/mol. The van der Waals surface area contributed by atoms with Gasteiger partial charge < -0.3 is 16.0 Å². The first-order valence-corrected chi connectivity index (χ1v) is 8.13. The first-order valence-electron chi connectivity index (χ1n) is 8.13. The summed E-state index contributed by atoms with van der Waals surface area (Å²) in [5, 5.41) is 8.96. The van der Waals surface area contributed by atoms with Crippen LogP contribution in [0.25, 0.3) is 0 Å². The fraction of sp³-hybridized carbons (Fsp3) is 0.800. The number of unbranched alkanes of at least 4 members (excludes halogenated alkanes) is 3. The average molecular weight is 311 g/mol. The number of nitrogens with zero attached hydrogens (tertiary/aromatic N) is 2. The molecule has 0 bridgehead atoms. The number of hydrogen-bond donors (Lipinski definition) is 3. The number of aliphatic imine (C=N–C) groups is 1. The van der Waals surface area contributed by atoms with Crippen LogP contribution in [-0.4, -0.2) is 55.5 Å². The van der Waals surface area contributed by atoms with Gasteiger partial charge in [0.05, 0.1) is 6.54 Å². The van der Waals surface area contributed by atoms with Crippen molar-refractivity contribution in [3.05, 3.63) is 0 Å². The van der Waals surface area contributed by atoms with E-state index in [1.807, 2.05) is 0 Å². The monoisotopic (exact) mass is 311 g/mol. The molecule has 0 aromatic heterocycles. The summed E-state index contributed by atoms with van der Waals surface area (Å²) in [5.74, 6) is 0.522. The Labute approximate surface area is 132 Å². The number of guanidine groups is 1. The largest absolute Gasteiger partial charge is 0.355 e. The summed E-state index contributed by atoms with van der Waals surface area (Å²) in [5.41, 5.74) is 0. The van der Waals surface area contributed by atoms with Crippen molar-refractivity contribution in [3.63, 3.8) is 0 Å². The van der Waals surface area contributed by atoms with E-state index in [4.69, 9.17) is 0 Å². The lowest BCUT2D eigenvalue weighted by atomic mass is 10.1. The maximum Gasteiger partial charge on any atom is 0.324 e. The topological polar surface area (TPSA) is 85.8 Å². The van der Waals surface area contributed by atoms with Crippen LogP contribution in [0.15, 0.2) is 4.99 Å². The Morgan fingerprint density at radius 2 is 2.14 bits per heavy atom. The molecule has 1 unspecified atom stereocenters. The molecule has 7 nitrogen and oxygen atoms in total. The molecular weight excluding hydrogens is 282 g/mol. The number of amides is 3. The van der Waals surface area contributed by atoms with Gasteiger partial charge in [-0.3, -0.25) is 14.7 Å². The first-order chi connectivity index (χ1) is 10.6. The summed E-state index contributed by atoms with van der Waals surface area (Å²) in [6, 6.07) is 0.0267. The maximum atomic E-state index is 11.4. The molecule has 0 radical (unpaired) electrons. The van der Waals surface area contributed by atoms with E-state index >= 15 is 0 Å². The summed E-state index contributed by atoms with van der Waals surface area (Å²) in [4.78, 5) is 28.2. The maximum absolute atomic E-state index is 11.4. The Balaban J connectivity index is 2.22. The van der Waals surface area contributed by atoms with E-state index in [1.165, 1.54) is 30.6 Å². The second kappa shape index (κ2) is 10.0. The van der Waals surface area contributed by atoms with Gasteiger partial charge >= 0.3 is 6.03 Å². The molecule has 1 rings (SSSR count). The predicted octanol–water partition coefficient (Wildman–Crippen LogP) is 1.06. The van der Waals surface area contributed by atoms with Gasteiger partial charge in [-0.05, 0) is 13.3 Å². The molecule has 22 heavy (non-hydrogen) atoms. The molecule has 1 heterocycles. The summed E-state index contributed by atoms with van der Waals surface area (Å²) in [6.45, 7) is 5.27. The molecule has 1 saturated heterocycles. The van der Waals surface area contributed by atoms with Crippen LogP contribution in [-0.2, 0) is 4.79 Å². The van der Waals surface area contributed by atoms with E-state index < -0.39 is 0 Å². The summed E-state index contributed by atoms with van der Waals surface area (Å²) in [6.07, 6.45) is 6.11. The van der Waals surface area contributed by atoms with Crippen LogP contribution in [0, 0.1) is 0 Å². The zero-order valence-corrected chi connectivity index (χ0v) is 13.9. The van der Waals surface area contributed by atoms with Crippen LogP contribution >= 0.6 is 0 Å². The van der Waals surface area contributed by atoms with Gasteiger partial charge in [-0.25, -0.2) is 4.79 Å². The van der Waals surface area contributed by atoms with Crippen LogP contribution in [0.2, 0.25) is 0 Å². The molecule has 1 aliphatic heterocycles. The standard InChI is InChI=1S/C15H29N5O2/c1-4-5-6-7-8-12(2)19-14(16-3)17-9-10-20-13(21)11-18-15(20)22/h12H,4-11H2,1-3H3,(H,18,22)(H2,16,17,19). The van der Waals surface area contributed by atoms with E-state index in [-0.39, 0.29) is 18.5 Å². The molecule has 0 saturated carbocycles. The zero-order chi connectivity index (χ0) is 16.4. The SMILES string of the molecule is CCCCCCC(C)NC(=NC)NCCN1C(=O)CNC1=O. The fourth-order valence-corrected chi connectivity index (χ4v) is 2.35. The van der Waals surface area contributed by atoms with Crippen LogP contribution in [0.4, 0.5) is 4.79 Å². The van der Waals surface area contributed by atoms with Crippen molar-refractivity contribution >= 4 is 17.9 Å². The second-order valence-corrected chi connectivity index (χ2v) is 5.60. The van der Waals surface area contributed by atoms with Crippen molar-refractivity contribution in [2.24, 2.45) is 4.99 Å². The molecule has 1 fully saturated rings. The third kappa shape index (κ3) is 6.32. The van der Waals surface area contributed by atoms with Gasteiger partial charge in [0.25, 0.3) is 0 Å². The van der Waals surface area contributed by atoms with Crippen LogP contribution in [0.3, 0.4) is 0 Å². The number of rotatable bonds is 9. The lowest BCUT2D eigenvalue weighted by molar-refractivity contribution is -0.124. The highest BCUT2D eigenvalue weighted by Gasteiger charge is 2.27. The Morgan fingerprint density at radius 1 is 1.36 bits per heavy atom. The minimum atomic E-state index is -0.320.